The van der Waals surface area contributed by atoms with E-state index in [0.717, 1.165) is 45.9 Å². The molecule has 0 aromatic carbocycles. The second-order valence-electron chi connectivity index (χ2n) is 4.44. The maximum Gasteiger partial charge on any atom is 0.317 e. The average molecular weight is 229 g/mol. The molecule has 0 aromatic heterocycles. The van der Waals surface area contributed by atoms with E-state index in [1.54, 1.807) is 0 Å². The molecule has 0 unspecified atom stereocenters. The maximum atomic E-state index is 11.2. The molecular weight excluding hydrogens is 206 g/mol. The molecule has 0 atom stereocenters. The average Bonchev–Trinajstić information content (AvgIpc) is 2.62. The van der Waals surface area contributed by atoms with Crippen molar-refractivity contribution in [3.8, 4) is 0 Å². The molecule has 5 heteroatoms. The Kier molecular flexibility index (Phi) is 6.18. The zero-order valence-electron chi connectivity index (χ0n) is 10.3. The van der Waals surface area contributed by atoms with Gasteiger partial charge in [-0.1, -0.05) is 13.8 Å². The highest BCUT2D eigenvalue weighted by molar-refractivity contribution is 5.76. The molecule has 1 aliphatic heterocycles. The summed E-state index contributed by atoms with van der Waals surface area (Å²) < 4.78 is 5.43. The molecule has 1 aliphatic rings. The molecule has 1 saturated heterocycles. The van der Waals surface area contributed by atoms with Crippen LogP contribution in [-0.2, 0) is 4.74 Å². The molecule has 16 heavy (non-hydrogen) atoms. The second-order valence-corrected chi connectivity index (χ2v) is 4.44. The van der Waals surface area contributed by atoms with Crippen LogP contribution in [0.15, 0.2) is 0 Å². The van der Waals surface area contributed by atoms with Gasteiger partial charge >= 0.3 is 6.03 Å². The topological polar surface area (TPSA) is 53.6 Å². The summed E-state index contributed by atoms with van der Waals surface area (Å²) in [7, 11) is 0. The number of hydrogen-bond donors (Lipinski definition) is 2. The lowest BCUT2D eigenvalue weighted by Gasteiger charge is -2.14. The van der Waals surface area contributed by atoms with Gasteiger partial charge in [0, 0.05) is 39.3 Å². The molecule has 0 radical (unpaired) electrons. The van der Waals surface area contributed by atoms with E-state index in [9.17, 15) is 4.79 Å². The molecule has 0 bridgehead atoms. The Labute approximate surface area is 97.5 Å². The van der Waals surface area contributed by atoms with Crippen molar-refractivity contribution in [2.75, 3.05) is 45.9 Å². The van der Waals surface area contributed by atoms with Gasteiger partial charge < -0.3 is 20.3 Å². The van der Waals surface area contributed by atoms with Crippen LogP contribution in [-0.4, -0.2) is 56.9 Å². The first-order chi connectivity index (χ1) is 7.70. The highest BCUT2D eigenvalue weighted by atomic mass is 16.5. The van der Waals surface area contributed by atoms with Gasteiger partial charge in [-0.2, -0.15) is 0 Å². The van der Waals surface area contributed by atoms with Gasteiger partial charge in [0.1, 0.15) is 0 Å². The summed E-state index contributed by atoms with van der Waals surface area (Å²) in [5.41, 5.74) is 0. The standard InChI is InChI=1S/C11H23N3O2/c1-10(2)9-16-8-5-12-3-6-14-7-4-13-11(14)15/h10,12H,3-9H2,1-2H3,(H,13,15). The summed E-state index contributed by atoms with van der Waals surface area (Å²) in [6.45, 7) is 9.89. The van der Waals surface area contributed by atoms with E-state index >= 15 is 0 Å². The quantitative estimate of drug-likeness (QED) is 0.588. The van der Waals surface area contributed by atoms with Crippen LogP contribution in [0.25, 0.3) is 0 Å². The number of hydrogen-bond acceptors (Lipinski definition) is 3. The molecule has 0 aromatic rings. The predicted octanol–water partition coefficient (Wildman–Crippen LogP) is 0.274. The van der Waals surface area contributed by atoms with Crippen LogP contribution in [0.2, 0.25) is 0 Å². The number of ether oxygens (including phenoxy) is 1. The maximum absolute atomic E-state index is 11.2. The molecule has 2 N–H and O–H groups in total. The molecular formula is C11H23N3O2. The summed E-state index contributed by atoms with van der Waals surface area (Å²) in [5, 5.41) is 6.04. The highest BCUT2D eigenvalue weighted by Gasteiger charge is 2.17. The summed E-state index contributed by atoms with van der Waals surface area (Å²) in [4.78, 5) is 13.0. The summed E-state index contributed by atoms with van der Waals surface area (Å²) >= 11 is 0. The lowest BCUT2D eigenvalue weighted by molar-refractivity contribution is 0.111. The zero-order chi connectivity index (χ0) is 11.8. The number of carbonyl (C=O) groups is 1. The lowest BCUT2D eigenvalue weighted by Crippen LogP contribution is -2.35. The first kappa shape index (κ1) is 13.3. The fourth-order valence-corrected chi connectivity index (χ4v) is 1.53. The van der Waals surface area contributed by atoms with Crippen molar-refractivity contribution >= 4 is 6.03 Å². The zero-order valence-corrected chi connectivity index (χ0v) is 10.3. The molecule has 1 fully saturated rings. The molecule has 0 spiro atoms. The number of carbonyl (C=O) groups excluding carboxylic acids is 1. The Morgan fingerprint density at radius 2 is 2.31 bits per heavy atom. The number of rotatable bonds is 8. The first-order valence-electron chi connectivity index (χ1n) is 6.01. The van der Waals surface area contributed by atoms with Crippen molar-refractivity contribution in [2.24, 2.45) is 5.92 Å². The molecule has 1 heterocycles. The van der Waals surface area contributed by atoms with Crippen LogP contribution in [0.4, 0.5) is 4.79 Å². The van der Waals surface area contributed by atoms with Crippen LogP contribution in [0.3, 0.4) is 0 Å². The van der Waals surface area contributed by atoms with Gasteiger partial charge in [0.25, 0.3) is 0 Å². The van der Waals surface area contributed by atoms with Crippen LogP contribution in [0, 0.1) is 5.92 Å². The van der Waals surface area contributed by atoms with Crippen molar-refractivity contribution in [2.45, 2.75) is 13.8 Å². The third-order valence-corrected chi connectivity index (χ3v) is 2.38. The molecule has 0 aliphatic carbocycles. The van der Waals surface area contributed by atoms with Crippen molar-refractivity contribution in [3.05, 3.63) is 0 Å². The van der Waals surface area contributed by atoms with Crippen molar-refractivity contribution < 1.29 is 9.53 Å². The Morgan fingerprint density at radius 3 is 2.94 bits per heavy atom. The van der Waals surface area contributed by atoms with Crippen LogP contribution >= 0.6 is 0 Å². The van der Waals surface area contributed by atoms with Gasteiger partial charge in [-0.25, -0.2) is 4.79 Å². The van der Waals surface area contributed by atoms with Crippen molar-refractivity contribution in [1.29, 1.82) is 0 Å². The Balaban J connectivity index is 1.86. The van der Waals surface area contributed by atoms with Gasteiger partial charge in [-0.15, -0.1) is 0 Å². The van der Waals surface area contributed by atoms with Gasteiger partial charge in [0.05, 0.1) is 6.61 Å². The van der Waals surface area contributed by atoms with E-state index in [0.29, 0.717) is 5.92 Å². The van der Waals surface area contributed by atoms with Gasteiger partial charge in [-0.05, 0) is 5.92 Å². The first-order valence-corrected chi connectivity index (χ1v) is 6.01. The van der Waals surface area contributed by atoms with E-state index in [1.807, 2.05) is 4.90 Å². The minimum absolute atomic E-state index is 0.0536. The second kappa shape index (κ2) is 7.46. The van der Waals surface area contributed by atoms with Gasteiger partial charge in [0.15, 0.2) is 0 Å². The van der Waals surface area contributed by atoms with Crippen LogP contribution < -0.4 is 10.6 Å². The molecule has 1 rings (SSSR count). The fraction of sp³-hybridized carbons (Fsp3) is 0.909. The summed E-state index contributed by atoms with van der Waals surface area (Å²) in [6.07, 6.45) is 0. The Hall–Kier alpha value is -0.810. The Bertz CT molecular complexity index is 209. The largest absolute Gasteiger partial charge is 0.380 e. The van der Waals surface area contributed by atoms with E-state index in [-0.39, 0.29) is 6.03 Å². The fourth-order valence-electron chi connectivity index (χ4n) is 1.53. The summed E-state index contributed by atoms with van der Waals surface area (Å²) in [5.74, 6) is 0.591. The predicted molar refractivity (Wildman–Crippen MR) is 63.5 cm³/mol. The van der Waals surface area contributed by atoms with Gasteiger partial charge in [0.2, 0.25) is 0 Å². The third-order valence-electron chi connectivity index (χ3n) is 2.38. The molecule has 2 amide bonds. The number of nitrogens with zero attached hydrogens (tertiary/aromatic N) is 1. The van der Waals surface area contributed by atoms with E-state index in [1.165, 1.54) is 0 Å². The number of urea groups is 1. The summed E-state index contributed by atoms with van der Waals surface area (Å²) in [6, 6.07) is 0.0536. The third kappa shape index (κ3) is 5.32. The van der Waals surface area contributed by atoms with E-state index < -0.39 is 0 Å². The number of nitrogens with one attached hydrogen (secondary N) is 2. The van der Waals surface area contributed by atoms with E-state index in [4.69, 9.17) is 4.74 Å². The minimum atomic E-state index is 0.0536. The molecule has 0 saturated carbocycles. The van der Waals surface area contributed by atoms with Gasteiger partial charge in [-0.3, -0.25) is 0 Å². The highest BCUT2D eigenvalue weighted by Crippen LogP contribution is 1.94. The Morgan fingerprint density at radius 1 is 1.50 bits per heavy atom. The lowest BCUT2D eigenvalue weighted by atomic mass is 10.2. The SMILES string of the molecule is CC(C)COCCNCCN1CCNC1=O. The smallest absolute Gasteiger partial charge is 0.317 e. The van der Waals surface area contributed by atoms with Crippen LogP contribution in [0.5, 0.6) is 0 Å². The van der Waals surface area contributed by atoms with E-state index in [2.05, 4.69) is 24.5 Å². The molecule has 94 valence electrons. The normalized spacial score (nSPS) is 15.9. The van der Waals surface area contributed by atoms with Crippen LogP contribution in [0.1, 0.15) is 13.8 Å². The molecule has 5 nitrogen and oxygen atoms in total. The van der Waals surface area contributed by atoms with Crippen molar-refractivity contribution in [3.63, 3.8) is 0 Å². The minimum Gasteiger partial charge on any atom is -0.380 e. The van der Waals surface area contributed by atoms with Crippen molar-refractivity contribution in [1.82, 2.24) is 15.5 Å². The monoisotopic (exact) mass is 229 g/mol. The number of amides is 2.